The zero-order valence-electron chi connectivity index (χ0n) is 12.5. The first-order valence-electron chi connectivity index (χ1n) is 7.70. The number of aromatic nitrogens is 3. The Kier molecular flexibility index (Phi) is 3.19. The number of nitriles is 1. The number of hydrogen-bond donors (Lipinski definition) is 2. The second-order valence-corrected chi connectivity index (χ2v) is 5.92. The smallest absolute Gasteiger partial charge is 0.227 e. The van der Waals surface area contributed by atoms with Gasteiger partial charge >= 0.3 is 0 Å². The summed E-state index contributed by atoms with van der Waals surface area (Å²) in [4.78, 5) is 24.1. The Hall–Kier alpha value is -2.94. The third-order valence-corrected chi connectivity index (χ3v) is 4.29. The number of nitrogens with zero attached hydrogens (tertiary/aromatic N) is 3. The van der Waals surface area contributed by atoms with Crippen molar-refractivity contribution in [2.75, 3.05) is 0 Å². The summed E-state index contributed by atoms with van der Waals surface area (Å²) in [6.07, 6.45) is 5.26. The molecule has 1 saturated carbocycles. The Morgan fingerprint density at radius 2 is 2.30 bits per heavy atom. The highest BCUT2D eigenvalue weighted by Crippen LogP contribution is 2.23. The first-order chi connectivity index (χ1) is 11.2. The number of aromatic amines is 1. The second-order valence-electron chi connectivity index (χ2n) is 5.92. The quantitative estimate of drug-likeness (QED) is 0.775. The molecule has 0 atom stereocenters. The molecule has 114 valence electrons. The summed E-state index contributed by atoms with van der Waals surface area (Å²) in [7, 11) is 0. The van der Waals surface area contributed by atoms with E-state index in [-0.39, 0.29) is 12.3 Å². The summed E-state index contributed by atoms with van der Waals surface area (Å²) < 4.78 is 0. The number of H-pyrrole nitrogens is 1. The van der Waals surface area contributed by atoms with E-state index in [4.69, 9.17) is 5.26 Å². The minimum absolute atomic E-state index is 0.0104. The molecule has 23 heavy (non-hydrogen) atoms. The molecule has 0 saturated heterocycles. The minimum Gasteiger partial charge on any atom is -0.353 e. The van der Waals surface area contributed by atoms with Crippen LogP contribution in [-0.4, -0.2) is 26.9 Å². The van der Waals surface area contributed by atoms with Gasteiger partial charge in [0, 0.05) is 11.4 Å². The van der Waals surface area contributed by atoms with E-state index < -0.39 is 0 Å². The second kappa shape index (κ2) is 5.36. The molecule has 2 aromatic heterocycles. The number of fused-ring (bicyclic) bond motifs is 3. The first-order valence-corrected chi connectivity index (χ1v) is 7.70. The molecule has 0 bridgehead atoms. The van der Waals surface area contributed by atoms with Crippen LogP contribution in [0.1, 0.15) is 30.7 Å². The van der Waals surface area contributed by atoms with Gasteiger partial charge in [-0.1, -0.05) is 0 Å². The highest BCUT2D eigenvalue weighted by atomic mass is 16.1. The van der Waals surface area contributed by atoms with Gasteiger partial charge in [0.15, 0.2) is 0 Å². The van der Waals surface area contributed by atoms with Crippen LogP contribution in [0.5, 0.6) is 0 Å². The fourth-order valence-electron chi connectivity index (χ4n) is 2.85. The predicted molar refractivity (Wildman–Crippen MR) is 85.6 cm³/mol. The Bertz CT molecular complexity index is 949. The van der Waals surface area contributed by atoms with Crippen molar-refractivity contribution in [3.63, 3.8) is 0 Å². The van der Waals surface area contributed by atoms with Crippen LogP contribution in [0.25, 0.3) is 21.9 Å². The van der Waals surface area contributed by atoms with Crippen molar-refractivity contribution in [3.8, 4) is 6.07 Å². The average molecular weight is 305 g/mol. The monoisotopic (exact) mass is 305 g/mol. The molecule has 1 aromatic carbocycles. The molecule has 1 amide bonds. The van der Waals surface area contributed by atoms with Gasteiger partial charge in [-0.2, -0.15) is 5.26 Å². The summed E-state index contributed by atoms with van der Waals surface area (Å²) in [5.41, 5.74) is 2.88. The van der Waals surface area contributed by atoms with Crippen LogP contribution < -0.4 is 5.32 Å². The van der Waals surface area contributed by atoms with Gasteiger partial charge in [-0.3, -0.25) is 9.78 Å². The van der Waals surface area contributed by atoms with Crippen LogP contribution in [0.3, 0.4) is 0 Å². The fraction of sp³-hybridized carbons (Fsp3) is 0.294. The maximum absolute atomic E-state index is 12.0. The summed E-state index contributed by atoms with van der Waals surface area (Å²) >= 11 is 0. The fourth-order valence-corrected chi connectivity index (χ4v) is 2.85. The van der Waals surface area contributed by atoms with E-state index in [1.54, 1.807) is 18.3 Å². The van der Waals surface area contributed by atoms with Gasteiger partial charge in [0.1, 0.15) is 5.82 Å². The molecule has 1 fully saturated rings. The Morgan fingerprint density at radius 3 is 3.04 bits per heavy atom. The van der Waals surface area contributed by atoms with Gasteiger partial charge < -0.3 is 10.3 Å². The molecular formula is C17H15N5O. The lowest BCUT2D eigenvalue weighted by Crippen LogP contribution is -2.40. The molecule has 6 nitrogen and oxygen atoms in total. The molecular weight excluding hydrogens is 290 g/mol. The van der Waals surface area contributed by atoms with Crippen molar-refractivity contribution < 1.29 is 4.79 Å². The number of hydrogen-bond acceptors (Lipinski definition) is 4. The highest BCUT2D eigenvalue weighted by molar-refractivity contribution is 6.02. The van der Waals surface area contributed by atoms with Crippen molar-refractivity contribution in [1.82, 2.24) is 20.3 Å². The lowest BCUT2D eigenvalue weighted by atomic mass is 9.93. The SMILES string of the molecule is N#Cc1ccc2ncc3[nH]c(CC(=O)NC4CCC4)nc3c2c1. The number of nitrogens with one attached hydrogen (secondary N) is 2. The van der Waals surface area contributed by atoms with E-state index in [1.807, 2.05) is 6.07 Å². The molecule has 1 aliphatic carbocycles. The average Bonchev–Trinajstić information content (AvgIpc) is 2.93. The summed E-state index contributed by atoms with van der Waals surface area (Å²) in [6.45, 7) is 0. The summed E-state index contributed by atoms with van der Waals surface area (Å²) in [5, 5.41) is 12.9. The molecule has 4 rings (SSSR count). The summed E-state index contributed by atoms with van der Waals surface area (Å²) in [6, 6.07) is 7.78. The molecule has 2 N–H and O–H groups in total. The van der Waals surface area contributed by atoms with Crippen molar-refractivity contribution >= 4 is 27.8 Å². The van der Waals surface area contributed by atoms with Crippen molar-refractivity contribution in [2.45, 2.75) is 31.7 Å². The Labute approximate surface area is 132 Å². The van der Waals surface area contributed by atoms with Gasteiger partial charge in [0.25, 0.3) is 0 Å². The van der Waals surface area contributed by atoms with Crippen LogP contribution in [0.2, 0.25) is 0 Å². The number of benzene rings is 1. The van der Waals surface area contributed by atoms with E-state index in [0.717, 1.165) is 34.8 Å². The molecule has 0 radical (unpaired) electrons. The third kappa shape index (κ3) is 2.50. The zero-order chi connectivity index (χ0) is 15.8. The molecule has 6 heteroatoms. The first kappa shape index (κ1) is 13.7. The minimum atomic E-state index is -0.0104. The van der Waals surface area contributed by atoms with E-state index in [9.17, 15) is 4.79 Å². The standard InChI is InChI=1S/C17H15N5O/c18-8-10-4-5-13-12(6-10)17-14(9-19-13)21-15(22-17)7-16(23)20-11-2-1-3-11/h4-6,9,11H,1-3,7H2,(H,20,23)(H,21,22). The topological polar surface area (TPSA) is 94.5 Å². The molecule has 0 unspecified atom stereocenters. The van der Waals surface area contributed by atoms with Gasteiger partial charge in [-0.15, -0.1) is 0 Å². The van der Waals surface area contributed by atoms with Crippen LogP contribution in [0, 0.1) is 11.3 Å². The molecule has 2 heterocycles. The molecule has 1 aliphatic rings. The number of carbonyl (C=O) groups is 1. The van der Waals surface area contributed by atoms with Crippen LogP contribution in [0.4, 0.5) is 0 Å². The number of amides is 1. The van der Waals surface area contributed by atoms with E-state index in [1.165, 1.54) is 6.42 Å². The van der Waals surface area contributed by atoms with Gasteiger partial charge in [-0.25, -0.2) is 4.98 Å². The highest BCUT2D eigenvalue weighted by Gasteiger charge is 2.20. The predicted octanol–water partition coefficient (Wildman–Crippen LogP) is 2.19. The third-order valence-electron chi connectivity index (χ3n) is 4.29. The zero-order valence-corrected chi connectivity index (χ0v) is 12.5. The maximum Gasteiger partial charge on any atom is 0.227 e. The normalized spacial score (nSPS) is 14.6. The van der Waals surface area contributed by atoms with Crippen molar-refractivity contribution in [3.05, 3.63) is 35.8 Å². The largest absolute Gasteiger partial charge is 0.353 e. The number of carbonyl (C=O) groups excluding carboxylic acids is 1. The molecule has 0 spiro atoms. The molecule has 0 aliphatic heterocycles. The van der Waals surface area contributed by atoms with Crippen molar-refractivity contribution in [2.24, 2.45) is 0 Å². The number of rotatable bonds is 3. The summed E-state index contributed by atoms with van der Waals surface area (Å²) in [5.74, 6) is 0.609. The van der Waals surface area contributed by atoms with Gasteiger partial charge in [-0.05, 0) is 37.5 Å². The van der Waals surface area contributed by atoms with Crippen LogP contribution in [-0.2, 0) is 11.2 Å². The van der Waals surface area contributed by atoms with E-state index >= 15 is 0 Å². The van der Waals surface area contributed by atoms with Crippen LogP contribution >= 0.6 is 0 Å². The Balaban J connectivity index is 1.67. The van der Waals surface area contributed by atoms with Crippen molar-refractivity contribution in [1.29, 1.82) is 5.26 Å². The van der Waals surface area contributed by atoms with Gasteiger partial charge in [0.2, 0.25) is 5.91 Å². The number of pyridine rings is 1. The Morgan fingerprint density at radius 1 is 1.43 bits per heavy atom. The van der Waals surface area contributed by atoms with E-state index in [0.29, 0.717) is 17.4 Å². The number of imidazole rings is 1. The van der Waals surface area contributed by atoms with Gasteiger partial charge in [0.05, 0.1) is 40.8 Å². The van der Waals surface area contributed by atoms with E-state index in [2.05, 4.69) is 26.3 Å². The maximum atomic E-state index is 12.0. The lowest BCUT2D eigenvalue weighted by Gasteiger charge is -2.26. The lowest BCUT2D eigenvalue weighted by molar-refractivity contribution is -0.121. The van der Waals surface area contributed by atoms with Crippen LogP contribution in [0.15, 0.2) is 24.4 Å². The molecule has 3 aromatic rings.